The van der Waals surface area contributed by atoms with Crippen LogP contribution in [0.25, 0.3) is 0 Å². The predicted octanol–water partition coefficient (Wildman–Crippen LogP) is 1.89. The molecule has 66 heavy (non-hydrogen) atoms. The molecule has 0 aromatic heterocycles. The van der Waals surface area contributed by atoms with Gasteiger partial charge in [-0.2, -0.15) is 0 Å². The zero-order valence-electron chi connectivity index (χ0n) is 36.1. The van der Waals surface area contributed by atoms with Crippen LogP contribution in [0.1, 0.15) is 61.3 Å². The summed E-state index contributed by atoms with van der Waals surface area (Å²) >= 11 is 2.36. The molecule has 7 rings (SSSR count). The van der Waals surface area contributed by atoms with Gasteiger partial charge in [0.05, 0.1) is 58.5 Å². The van der Waals surface area contributed by atoms with E-state index >= 15 is 0 Å². The number of fused-ring (bicyclic) bond motifs is 1. The molecule has 0 radical (unpaired) electrons. The minimum Gasteiger partial charge on any atom is -0.478 e. The number of carboxylic acid groups (broad SMARTS) is 4. The van der Waals surface area contributed by atoms with Crippen LogP contribution in [0, 0.1) is 23.7 Å². The maximum absolute atomic E-state index is 15.0. The van der Waals surface area contributed by atoms with Gasteiger partial charge in [-0.25, -0.2) is 19.2 Å². The first-order chi connectivity index (χ1) is 31.2. The van der Waals surface area contributed by atoms with Crippen LogP contribution in [-0.2, 0) is 28.8 Å². The topological polar surface area (TPSA) is 313 Å². The average Bonchev–Trinajstić information content (AvgIpc) is 4.03. The molecule has 3 saturated heterocycles. The van der Waals surface area contributed by atoms with Crippen molar-refractivity contribution < 1.29 is 69.0 Å². The lowest BCUT2D eigenvalue weighted by Gasteiger charge is -2.46. The van der Waals surface area contributed by atoms with Crippen molar-refractivity contribution in [1.82, 2.24) is 15.1 Å². The first kappa shape index (κ1) is 48.1. The van der Waals surface area contributed by atoms with Gasteiger partial charge in [-0.15, -0.1) is 23.5 Å². The van der Waals surface area contributed by atoms with Crippen molar-refractivity contribution in [2.75, 3.05) is 23.7 Å². The van der Waals surface area contributed by atoms with E-state index in [1.165, 1.54) is 77.9 Å². The molecule has 5 heterocycles. The molecule has 9 N–H and O–H groups in total. The van der Waals surface area contributed by atoms with Gasteiger partial charge < -0.3 is 56.4 Å². The van der Waals surface area contributed by atoms with Crippen molar-refractivity contribution in [3.05, 3.63) is 70.3 Å². The van der Waals surface area contributed by atoms with Gasteiger partial charge in [-0.3, -0.25) is 24.2 Å². The van der Waals surface area contributed by atoms with Crippen molar-refractivity contribution in [2.45, 2.75) is 92.7 Å². The number of hydrogen-bond donors (Lipinski definition) is 9. The fraction of sp³-hybridized carbons (Fsp3) is 0.477. The van der Waals surface area contributed by atoms with E-state index in [-0.39, 0.29) is 58.5 Å². The van der Waals surface area contributed by atoms with Gasteiger partial charge in [0.1, 0.15) is 17.5 Å². The number of carbonyl (C=O) groups excluding carboxylic acids is 4. The molecule has 22 heteroatoms. The number of aliphatic hydroxyl groups excluding tert-OH is 2. The Morgan fingerprint density at radius 1 is 0.818 bits per heavy atom. The highest BCUT2D eigenvalue weighted by atomic mass is 32.2. The van der Waals surface area contributed by atoms with Gasteiger partial charge in [0.2, 0.25) is 23.6 Å². The second-order valence-electron chi connectivity index (χ2n) is 17.3. The van der Waals surface area contributed by atoms with Crippen LogP contribution in [0.2, 0.25) is 0 Å². The van der Waals surface area contributed by atoms with E-state index in [0.717, 1.165) is 11.8 Å². The van der Waals surface area contributed by atoms with Crippen LogP contribution in [0.5, 0.6) is 0 Å². The summed E-state index contributed by atoms with van der Waals surface area (Å²) in [7, 11) is 0. The maximum Gasteiger partial charge on any atom is 0.353 e. The number of anilines is 2. The van der Waals surface area contributed by atoms with Crippen LogP contribution in [0.3, 0.4) is 0 Å². The largest absolute Gasteiger partial charge is 0.478 e. The molecule has 3 fully saturated rings. The van der Waals surface area contributed by atoms with Gasteiger partial charge in [0, 0.05) is 45.8 Å². The first-order valence-corrected chi connectivity index (χ1v) is 23.1. The first-order valence-electron chi connectivity index (χ1n) is 21.3. The van der Waals surface area contributed by atoms with E-state index in [2.05, 4.69) is 20.9 Å². The number of amides is 4. The summed E-state index contributed by atoms with van der Waals surface area (Å²) in [6.45, 7) is 6.43. The molecule has 4 amide bonds. The van der Waals surface area contributed by atoms with Crippen molar-refractivity contribution in [1.29, 1.82) is 0 Å². The summed E-state index contributed by atoms with van der Waals surface area (Å²) in [5.41, 5.74) is -0.195. The van der Waals surface area contributed by atoms with E-state index in [4.69, 9.17) is 0 Å². The summed E-state index contributed by atoms with van der Waals surface area (Å²) in [6.07, 6.45) is -2.22. The Morgan fingerprint density at radius 2 is 1.42 bits per heavy atom. The number of likely N-dealkylation sites (tertiary alicyclic amines) is 1. The highest BCUT2D eigenvalue weighted by Gasteiger charge is 2.61. The number of β-lactam (4-membered cyclic amide) rings is 1. The number of hydrogen-bond acceptors (Lipinski definition) is 14. The lowest BCUT2D eigenvalue weighted by Crippen LogP contribution is -2.63. The monoisotopic (exact) mass is 950 g/mol. The number of aliphatic carboxylic acids is 2. The van der Waals surface area contributed by atoms with Gasteiger partial charge in [0.15, 0.2) is 0 Å². The molecule has 0 bridgehead atoms. The van der Waals surface area contributed by atoms with Gasteiger partial charge in [-0.05, 0) is 69.0 Å². The summed E-state index contributed by atoms with van der Waals surface area (Å²) in [6, 6.07) is 7.59. The zero-order valence-corrected chi connectivity index (χ0v) is 37.7. The standard InChI is InChI=1S/C44H50N6O14S2/c1-17-31(48-32(43(61)62)35(17)65-25-13-27(45-15-25)37(53)46-23-9-5-7-21(11-23)41(57)58)29(19(3)51)39(55)49-16-26(14-28(49)38(54)47-24-10-6-8-22(12-24)42(59)60)66-36-18(2)33-30(20(4)52)40(56)50(33)34(36)44(63)64/h5-12,17-20,25-31,33,35,45,51-52H,13-16H2,1-4H3,(H,46,53)(H,47,54)(H,57,58)(H,59,60)(H,61,62)(H,63,64). The molecule has 13 unspecified atom stereocenters. The SMILES string of the molecule is CC(O)C(C(=O)N1CC(SC2=C(C(=O)O)N3C(=O)C(C(C)O)C3C2C)CC1C(=O)Nc1cccc(C(=O)O)c1)C1N=C(C(=O)O)C(SC2CNC(C(=O)Nc3cccc(C(=O)O)c3)C2)C1C. The number of rotatable bonds is 16. The van der Waals surface area contributed by atoms with Crippen LogP contribution in [0.4, 0.5) is 11.4 Å². The third-order valence-corrected chi connectivity index (χ3v) is 16.1. The highest BCUT2D eigenvalue weighted by Crippen LogP contribution is 2.52. The van der Waals surface area contributed by atoms with E-state index in [9.17, 15) is 69.0 Å². The number of carbonyl (C=O) groups is 8. The van der Waals surface area contributed by atoms with E-state index < -0.39 is 118 Å². The number of thioether (sulfide) groups is 2. The Bertz CT molecular complexity index is 2430. The second kappa shape index (κ2) is 19.2. The molecule has 2 aromatic rings. The molecular formula is C44H50N6O14S2. The van der Waals surface area contributed by atoms with Gasteiger partial charge in [0.25, 0.3) is 0 Å². The van der Waals surface area contributed by atoms with Crippen LogP contribution >= 0.6 is 23.5 Å². The summed E-state index contributed by atoms with van der Waals surface area (Å²) in [5.74, 6) is -10.9. The molecule has 13 atom stereocenters. The highest BCUT2D eigenvalue weighted by molar-refractivity contribution is 8.03. The summed E-state index contributed by atoms with van der Waals surface area (Å²) in [5, 5.41) is 68.1. The molecule has 20 nitrogen and oxygen atoms in total. The molecular weight excluding hydrogens is 901 g/mol. The molecule has 0 saturated carbocycles. The Kier molecular flexibility index (Phi) is 14.0. The number of aromatic carboxylic acids is 2. The Balaban J connectivity index is 1.12. The Morgan fingerprint density at radius 3 is 1.97 bits per heavy atom. The molecule has 0 spiro atoms. The number of nitrogens with zero attached hydrogens (tertiary/aromatic N) is 3. The predicted molar refractivity (Wildman–Crippen MR) is 240 cm³/mol. The van der Waals surface area contributed by atoms with Crippen molar-refractivity contribution in [3.63, 3.8) is 0 Å². The van der Waals surface area contributed by atoms with Crippen LogP contribution in [0.15, 0.2) is 64.1 Å². The van der Waals surface area contributed by atoms with Crippen molar-refractivity contribution in [2.24, 2.45) is 28.7 Å². The minimum absolute atomic E-state index is 0.00740. The van der Waals surface area contributed by atoms with Gasteiger partial charge in [-0.1, -0.05) is 26.0 Å². The Hall–Kier alpha value is -5.81. The smallest absolute Gasteiger partial charge is 0.353 e. The fourth-order valence-corrected chi connectivity index (χ4v) is 12.9. The number of nitrogens with one attached hydrogen (secondary N) is 3. The van der Waals surface area contributed by atoms with E-state index in [1.54, 1.807) is 19.9 Å². The number of carboxylic acids is 4. The lowest BCUT2D eigenvalue weighted by molar-refractivity contribution is -0.163. The molecule has 352 valence electrons. The molecule has 2 aromatic carbocycles. The number of aliphatic hydroxyl groups is 2. The maximum atomic E-state index is 15.0. The minimum atomic E-state index is -1.42. The zero-order chi connectivity index (χ0) is 48.0. The number of aliphatic imine (C=N–C) groups is 1. The fourth-order valence-electron chi connectivity index (χ4n) is 9.74. The summed E-state index contributed by atoms with van der Waals surface area (Å²) in [4.78, 5) is 111. The Labute approximate surface area is 386 Å². The second-order valence-corrected chi connectivity index (χ2v) is 20.1. The van der Waals surface area contributed by atoms with Crippen molar-refractivity contribution >= 4 is 88.1 Å². The van der Waals surface area contributed by atoms with E-state index in [0.29, 0.717) is 11.4 Å². The van der Waals surface area contributed by atoms with Crippen LogP contribution < -0.4 is 16.0 Å². The third kappa shape index (κ3) is 9.28. The van der Waals surface area contributed by atoms with Gasteiger partial charge >= 0.3 is 23.9 Å². The number of benzene rings is 2. The van der Waals surface area contributed by atoms with Crippen molar-refractivity contribution in [3.8, 4) is 0 Å². The van der Waals surface area contributed by atoms with Crippen LogP contribution in [-0.4, -0.2) is 159 Å². The quantitative estimate of drug-likeness (QED) is 0.109. The molecule has 0 aliphatic carbocycles. The summed E-state index contributed by atoms with van der Waals surface area (Å²) < 4.78 is 0. The normalized spacial score (nSPS) is 29.4. The average molecular weight is 951 g/mol. The molecule has 5 aliphatic rings. The third-order valence-electron chi connectivity index (χ3n) is 12.9. The lowest BCUT2D eigenvalue weighted by atomic mass is 9.79. The van der Waals surface area contributed by atoms with E-state index in [1.807, 2.05) is 0 Å². The molecule has 5 aliphatic heterocycles.